The number of aliphatic hydroxyl groups is 3. The largest absolute Gasteiger partial charge is 0.481 e. The van der Waals surface area contributed by atoms with E-state index in [0.717, 1.165) is 12.8 Å². The lowest BCUT2D eigenvalue weighted by atomic mass is 10.0. The summed E-state index contributed by atoms with van der Waals surface area (Å²) in [5, 5.41) is 37.9. The molecule has 0 saturated carbocycles. The standard InChI is InChI=1S/C22H34O5/c1-2-3-9-14-19(23)15-10-6-4-5-7-11-16-20(24)21(25)17-12-8-13-18-22(26)27/h3-7,9-11,15-16,19-21,23-25H,2,8,12-14,17-18H2,1H3,(H,26,27). The van der Waals surface area contributed by atoms with Crippen LogP contribution in [0.4, 0.5) is 0 Å². The first-order valence-electron chi connectivity index (χ1n) is 9.56. The fourth-order valence-corrected chi connectivity index (χ4v) is 2.21. The molecule has 0 spiro atoms. The normalized spacial score (nSPS) is 16.3. The zero-order valence-corrected chi connectivity index (χ0v) is 16.2. The van der Waals surface area contributed by atoms with Crippen molar-refractivity contribution in [3.63, 3.8) is 0 Å². The lowest BCUT2D eigenvalue weighted by Crippen LogP contribution is -2.23. The van der Waals surface area contributed by atoms with Gasteiger partial charge in [-0.2, -0.15) is 0 Å². The zero-order valence-electron chi connectivity index (χ0n) is 16.2. The van der Waals surface area contributed by atoms with Gasteiger partial charge in [0, 0.05) is 6.42 Å². The number of allylic oxidation sites excluding steroid dienone is 7. The topological polar surface area (TPSA) is 98.0 Å². The molecule has 0 amide bonds. The van der Waals surface area contributed by atoms with Crippen molar-refractivity contribution in [1.82, 2.24) is 0 Å². The highest BCUT2D eigenvalue weighted by Gasteiger charge is 2.12. The molecular formula is C22H34O5. The molecule has 0 aliphatic carbocycles. The number of carboxylic acids is 1. The Balaban J connectivity index is 3.96. The fourth-order valence-electron chi connectivity index (χ4n) is 2.21. The number of unbranched alkanes of at least 4 members (excludes halogenated alkanes) is 2. The van der Waals surface area contributed by atoms with Crippen molar-refractivity contribution in [1.29, 1.82) is 0 Å². The van der Waals surface area contributed by atoms with Crippen molar-refractivity contribution in [2.24, 2.45) is 0 Å². The third-order valence-corrected chi connectivity index (χ3v) is 3.76. The molecular weight excluding hydrogens is 344 g/mol. The van der Waals surface area contributed by atoms with E-state index >= 15 is 0 Å². The minimum atomic E-state index is -0.940. The van der Waals surface area contributed by atoms with Crippen LogP contribution < -0.4 is 0 Å². The predicted molar refractivity (Wildman–Crippen MR) is 109 cm³/mol. The molecule has 0 heterocycles. The monoisotopic (exact) mass is 378 g/mol. The van der Waals surface area contributed by atoms with Crippen LogP contribution in [-0.2, 0) is 4.79 Å². The maximum atomic E-state index is 10.4. The van der Waals surface area contributed by atoms with E-state index in [9.17, 15) is 20.1 Å². The molecule has 0 bridgehead atoms. The van der Waals surface area contributed by atoms with Gasteiger partial charge in [0.25, 0.3) is 0 Å². The van der Waals surface area contributed by atoms with Gasteiger partial charge in [0.15, 0.2) is 0 Å². The van der Waals surface area contributed by atoms with Crippen molar-refractivity contribution in [3.8, 4) is 0 Å². The molecule has 0 rings (SSSR count). The number of carbonyl (C=O) groups is 1. The molecule has 0 aromatic carbocycles. The van der Waals surface area contributed by atoms with Gasteiger partial charge in [0.1, 0.15) is 0 Å². The van der Waals surface area contributed by atoms with Crippen molar-refractivity contribution < 1.29 is 25.2 Å². The van der Waals surface area contributed by atoms with E-state index in [0.29, 0.717) is 25.7 Å². The first kappa shape index (κ1) is 25.1. The minimum Gasteiger partial charge on any atom is -0.481 e. The highest BCUT2D eigenvalue weighted by molar-refractivity contribution is 5.66. The Bertz CT molecular complexity index is 517. The van der Waals surface area contributed by atoms with Gasteiger partial charge in [-0.15, -0.1) is 0 Å². The van der Waals surface area contributed by atoms with E-state index in [2.05, 4.69) is 0 Å². The molecule has 0 aromatic rings. The quantitative estimate of drug-likeness (QED) is 0.198. The van der Waals surface area contributed by atoms with Gasteiger partial charge in [-0.3, -0.25) is 4.79 Å². The summed E-state index contributed by atoms with van der Waals surface area (Å²) in [7, 11) is 0. The Kier molecular flexibility index (Phi) is 16.2. The number of rotatable bonds is 15. The third-order valence-electron chi connectivity index (χ3n) is 3.76. The minimum absolute atomic E-state index is 0.140. The lowest BCUT2D eigenvalue weighted by Gasteiger charge is -2.13. The zero-order chi connectivity index (χ0) is 20.3. The molecule has 4 N–H and O–H groups in total. The van der Waals surface area contributed by atoms with Crippen LogP contribution in [0, 0.1) is 0 Å². The molecule has 3 atom stereocenters. The van der Waals surface area contributed by atoms with Crippen LogP contribution >= 0.6 is 0 Å². The van der Waals surface area contributed by atoms with Crippen molar-refractivity contribution >= 4 is 5.97 Å². The number of aliphatic hydroxyl groups excluding tert-OH is 3. The molecule has 5 heteroatoms. The van der Waals surface area contributed by atoms with Gasteiger partial charge in [0.2, 0.25) is 0 Å². The summed E-state index contributed by atoms with van der Waals surface area (Å²) >= 11 is 0. The number of carboxylic acid groups (broad SMARTS) is 1. The fraction of sp³-hybridized carbons (Fsp3) is 0.500. The van der Waals surface area contributed by atoms with Crippen LogP contribution in [0.1, 0.15) is 51.9 Å². The van der Waals surface area contributed by atoms with Crippen molar-refractivity contribution in [2.75, 3.05) is 0 Å². The molecule has 27 heavy (non-hydrogen) atoms. The Morgan fingerprint density at radius 2 is 1.48 bits per heavy atom. The van der Waals surface area contributed by atoms with Gasteiger partial charge in [-0.25, -0.2) is 0 Å². The van der Waals surface area contributed by atoms with Crippen molar-refractivity contribution in [2.45, 2.75) is 70.2 Å². The molecule has 0 aliphatic heterocycles. The molecule has 5 nitrogen and oxygen atoms in total. The average molecular weight is 379 g/mol. The first-order valence-corrected chi connectivity index (χ1v) is 9.56. The van der Waals surface area contributed by atoms with Gasteiger partial charge in [-0.1, -0.05) is 80.5 Å². The van der Waals surface area contributed by atoms with Crippen LogP contribution in [0.25, 0.3) is 0 Å². The van der Waals surface area contributed by atoms with Crippen molar-refractivity contribution in [3.05, 3.63) is 60.8 Å². The molecule has 0 saturated heterocycles. The highest BCUT2D eigenvalue weighted by atomic mass is 16.4. The van der Waals surface area contributed by atoms with Crippen LogP contribution in [-0.4, -0.2) is 44.7 Å². The lowest BCUT2D eigenvalue weighted by molar-refractivity contribution is -0.137. The van der Waals surface area contributed by atoms with Gasteiger partial charge >= 0.3 is 5.97 Å². The Morgan fingerprint density at radius 1 is 0.852 bits per heavy atom. The second-order valence-electron chi connectivity index (χ2n) is 6.27. The number of hydrogen-bond acceptors (Lipinski definition) is 4. The van der Waals surface area contributed by atoms with E-state index in [1.165, 1.54) is 6.08 Å². The molecule has 0 aliphatic rings. The molecule has 0 aromatic heterocycles. The summed E-state index contributed by atoms with van der Waals surface area (Å²) in [6.07, 6.45) is 19.7. The summed E-state index contributed by atoms with van der Waals surface area (Å²) in [6.45, 7) is 2.05. The maximum absolute atomic E-state index is 10.4. The SMILES string of the molecule is CCC=CCC(O)C=CC=CC=CC=CC(O)C(O)CCCCCC(=O)O. The highest BCUT2D eigenvalue weighted by Crippen LogP contribution is 2.09. The summed E-state index contributed by atoms with van der Waals surface area (Å²) in [5.41, 5.74) is 0. The molecule has 0 radical (unpaired) electrons. The van der Waals surface area contributed by atoms with E-state index in [1.54, 1.807) is 42.5 Å². The summed E-state index contributed by atoms with van der Waals surface area (Å²) in [4.78, 5) is 10.4. The summed E-state index contributed by atoms with van der Waals surface area (Å²) in [6, 6.07) is 0. The Morgan fingerprint density at radius 3 is 2.11 bits per heavy atom. The second kappa shape index (κ2) is 17.5. The van der Waals surface area contributed by atoms with E-state index < -0.39 is 24.3 Å². The Hall–Kier alpha value is -1.95. The van der Waals surface area contributed by atoms with Crippen LogP contribution in [0.5, 0.6) is 0 Å². The van der Waals surface area contributed by atoms with E-state index in [-0.39, 0.29) is 6.42 Å². The molecule has 0 fully saturated rings. The first-order chi connectivity index (χ1) is 13.0. The van der Waals surface area contributed by atoms with Crippen LogP contribution in [0.3, 0.4) is 0 Å². The number of hydrogen-bond donors (Lipinski definition) is 4. The van der Waals surface area contributed by atoms with E-state index in [1.807, 2.05) is 19.1 Å². The molecule has 3 unspecified atom stereocenters. The van der Waals surface area contributed by atoms with Gasteiger partial charge in [0.05, 0.1) is 18.3 Å². The van der Waals surface area contributed by atoms with Gasteiger partial charge < -0.3 is 20.4 Å². The predicted octanol–water partition coefficient (Wildman–Crippen LogP) is 3.69. The smallest absolute Gasteiger partial charge is 0.303 e. The average Bonchev–Trinajstić information content (AvgIpc) is 2.63. The second-order valence-corrected chi connectivity index (χ2v) is 6.27. The van der Waals surface area contributed by atoms with Crippen LogP contribution in [0.15, 0.2) is 60.8 Å². The van der Waals surface area contributed by atoms with E-state index in [4.69, 9.17) is 5.11 Å². The third kappa shape index (κ3) is 17.2. The number of aliphatic carboxylic acids is 1. The maximum Gasteiger partial charge on any atom is 0.303 e. The summed E-state index contributed by atoms with van der Waals surface area (Å²) in [5.74, 6) is -0.810. The Labute approximate surface area is 162 Å². The van der Waals surface area contributed by atoms with Gasteiger partial charge in [-0.05, 0) is 25.7 Å². The summed E-state index contributed by atoms with van der Waals surface area (Å²) < 4.78 is 0. The van der Waals surface area contributed by atoms with Crippen LogP contribution in [0.2, 0.25) is 0 Å². The molecule has 152 valence electrons.